The molecule has 1 aliphatic heterocycles. The van der Waals surface area contributed by atoms with Crippen molar-refractivity contribution in [2.75, 3.05) is 25.0 Å². The number of pyridine rings is 2. The number of piperidine rings is 1. The quantitative estimate of drug-likeness (QED) is 0.848. The highest BCUT2D eigenvalue weighted by Crippen LogP contribution is 2.24. The van der Waals surface area contributed by atoms with Crippen LogP contribution in [0.15, 0.2) is 42.9 Å². The minimum atomic E-state index is -0.149. The summed E-state index contributed by atoms with van der Waals surface area (Å²) >= 11 is 0. The third-order valence-electron chi connectivity index (χ3n) is 4.61. The van der Waals surface area contributed by atoms with Crippen molar-refractivity contribution in [2.24, 2.45) is 5.92 Å². The molecule has 1 aliphatic rings. The van der Waals surface area contributed by atoms with Crippen LogP contribution in [0.3, 0.4) is 0 Å². The van der Waals surface area contributed by atoms with Gasteiger partial charge in [-0.2, -0.15) is 0 Å². The molecule has 3 rings (SSSR count). The number of carbonyl (C=O) groups excluding carboxylic acids is 2. The van der Waals surface area contributed by atoms with Crippen LogP contribution in [0.5, 0.6) is 0 Å². The smallest absolute Gasteiger partial charge is 0.254 e. The van der Waals surface area contributed by atoms with Crippen molar-refractivity contribution in [2.45, 2.75) is 19.4 Å². The fraction of sp³-hybridized carbons (Fsp3) is 0.368. The van der Waals surface area contributed by atoms with Gasteiger partial charge in [-0.3, -0.25) is 14.6 Å². The van der Waals surface area contributed by atoms with Gasteiger partial charge < -0.3 is 15.5 Å². The Bertz CT molecular complexity index is 758. The highest BCUT2D eigenvalue weighted by molar-refractivity contribution is 5.98. The predicted octanol–water partition coefficient (Wildman–Crippen LogP) is 1.37. The van der Waals surface area contributed by atoms with E-state index in [1.807, 2.05) is 12.1 Å². The SMILES string of the molecule is CNC(=O)c1cccnc1N1CCC(C(=O)NCc2cccnc2)CC1. The van der Waals surface area contributed by atoms with Gasteiger partial charge in [-0.25, -0.2) is 4.98 Å². The molecule has 0 aromatic carbocycles. The van der Waals surface area contributed by atoms with E-state index < -0.39 is 0 Å². The molecule has 3 heterocycles. The van der Waals surface area contributed by atoms with Crippen molar-refractivity contribution in [3.8, 4) is 0 Å². The molecule has 0 saturated carbocycles. The molecular formula is C19H23N5O2. The van der Waals surface area contributed by atoms with Crippen molar-refractivity contribution in [3.05, 3.63) is 54.0 Å². The van der Waals surface area contributed by atoms with Gasteiger partial charge in [-0.15, -0.1) is 0 Å². The maximum Gasteiger partial charge on any atom is 0.254 e. The van der Waals surface area contributed by atoms with E-state index >= 15 is 0 Å². The fourth-order valence-corrected chi connectivity index (χ4v) is 3.15. The summed E-state index contributed by atoms with van der Waals surface area (Å²) in [5, 5.41) is 5.63. The Kier molecular flexibility index (Phi) is 5.78. The van der Waals surface area contributed by atoms with Gasteiger partial charge >= 0.3 is 0 Å². The van der Waals surface area contributed by atoms with Crippen LogP contribution in [-0.2, 0) is 11.3 Å². The summed E-state index contributed by atoms with van der Waals surface area (Å²) in [5.41, 5.74) is 1.55. The van der Waals surface area contributed by atoms with E-state index in [1.165, 1.54) is 0 Å². The minimum absolute atomic E-state index is 0.0184. The van der Waals surface area contributed by atoms with Crippen molar-refractivity contribution >= 4 is 17.6 Å². The van der Waals surface area contributed by atoms with Gasteiger partial charge in [0.25, 0.3) is 5.91 Å². The molecule has 0 spiro atoms. The van der Waals surface area contributed by atoms with Gasteiger partial charge in [0.2, 0.25) is 5.91 Å². The fourth-order valence-electron chi connectivity index (χ4n) is 3.15. The molecule has 1 saturated heterocycles. The molecule has 0 bridgehead atoms. The maximum absolute atomic E-state index is 12.4. The van der Waals surface area contributed by atoms with Crippen molar-refractivity contribution in [1.82, 2.24) is 20.6 Å². The van der Waals surface area contributed by atoms with Gasteiger partial charge in [0.05, 0.1) is 5.56 Å². The lowest BCUT2D eigenvalue weighted by molar-refractivity contribution is -0.125. The highest BCUT2D eigenvalue weighted by atomic mass is 16.2. The molecule has 2 amide bonds. The third-order valence-corrected chi connectivity index (χ3v) is 4.61. The summed E-state index contributed by atoms with van der Waals surface area (Å²) < 4.78 is 0. The zero-order chi connectivity index (χ0) is 18.4. The van der Waals surface area contributed by atoms with Crippen LogP contribution in [0.25, 0.3) is 0 Å². The molecular weight excluding hydrogens is 330 g/mol. The molecule has 7 nitrogen and oxygen atoms in total. The van der Waals surface area contributed by atoms with Crippen LogP contribution in [0.2, 0.25) is 0 Å². The zero-order valence-corrected chi connectivity index (χ0v) is 14.8. The van der Waals surface area contributed by atoms with E-state index in [1.54, 1.807) is 37.8 Å². The summed E-state index contributed by atoms with van der Waals surface area (Å²) in [6, 6.07) is 7.33. The normalized spacial score (nSPS) is 14.7. The summed E-state index contributed by atoms with van der Waals surface area (Å²) in [7, 11) is 1.61. The Balaban J connectivity index is 1.56. The van der Waals surface area contributed by atoms with Crippen molar-refractivity contribution in [1.29, 1.82) is 0 Å². The average molecular weight is 353 g/mol. The largest absolute Gasteiger partial charge is 0.356 e. The second-order valence-electron chi connectivity index (χ2n) is 6.29. The topological polar surface area (TPSA) is 87.2 Å². The number of hydrogen-bond acceptors (Lipinski definition) is 5. The van der Waals surface area contributed by atoms with E-state index in [-0.39, 0.29) is 17.7 Å². The monoisotopic (exact) mass is 353 g/mol. The predicted molar refractivity (Wildman–Crippen MR) is 98.6 cm³/mol. The second-order valence-corrected chi connectivity index (χ2v) is 6.29. The average Bonchev–Trinajstić information content (AvgIpc) is 2.72. The number of hydrogen-bond donors (Lipinski definition) is 2. The number of nitrogens with zero attached hydrogens (tertiary/aromatic N) is 3. The van der Waals surface area contributed by atoms with Gasteiger partial charge in [-0.05, 0) is 36.6 Å². The molecule has 7 heteroatoms. The highest BCUT2D eigenvalue weighted by Gasteiger charge is 2.27. The molecule has 26 heavy (non-hydrogen) atoms. The van der Waals surface area contributed by atoms with Crippen molar-refractivity contribution in [3.63, 3.8) is 0 Å². The van der Waals surface area contributed by atoms with E-state index in [4.69, 9.17) is 0 Å². The van der Waals surface area contributed by atoms with E-state index in [9.17, 15) is 9.59 Å². The lowest BCUT2D eigenvalue weighted by Crippen LogP contribution is -2.41. The van der Waals surface area contributed by atoms with Gasteiger partial charge in [0.1, 0.15) is 5.82 Å². The lowest BCUT2D eigenvalue weighted by atomic mass is 9.95. The van der Waals surface area contributed by atoms with Gasteiger partial charge in [0, 0.05) is 51.2 Å². The standard InChI is InChI=1S/C19H23N5O2/c1-20-19(26)16-5-3-9-22-17(16)24-10-6-15(7-11-24)18(25)23-13-14-4-2-8-21-12-14/h2-5,8-9,12,15H,6-7,10-11,13H2,1H3,(H,20,26)(H,23,25). The van der Waals surface area contributed by atoms with Crippen LogP contribution < -0.4 is 15.5 Å². The second kappa shape index (κ2) is 8.42. The van der Waals surface area contributed by atoms with Crippen LogP contribution in [0.4, 0.5) is 5.82 Å². The molecule has 2 aromatic rings. The van der Waals surface area contributed by atoms with Crippen LogP contribution >= 0.6 is 0 Å². The molecule has 0 aliphatic carbocycles. The lowest BCUT2D eigenvalue weighted by Gasteiger charge is -2.33. The summed E-state index contributed by atoms with van der Waals surface area (Å²) in [6.45, 7) is 1.89. The summed E-state index contributed by atoms with van der Waals surface area (Å²) in [6.07, 6.45) is 6.63. The first-order valence-electron chi connectivity index (χ1n) is 8.77. The van der Waals surface area contributed by atoms with E-state index in [0.717, 1.165) is 18.4 Å². The van der Waals surface area contributed by atoms with E-state index in [0.29, 0.717) is 31.0 Å². The number of aromatic nitrogens is 2. The van der Waals surface area contributed by atoms with Crippen LogP contribution in [-0.4, -0.2) is 41.9 Å². The Morgan fingerprint density at radius 3 is 2.65 bits per heavy atom. The molecule has 2 N–H and O–H groups in total. The summed E-state index contributed by atoms with van der Waals surface area (Å²) in [4.78, 5) is 34.9. The van der Waals surface area contributed by atoms with Crippen LogP contribution in [0, 0.1) is 5.92 Å². The first-order chi connectivity index (χ1) is 12.7. The molecule has 1 fully saturated rings. The first kappa shape index (κ1) is 17.8. The number of anilines is 1. The van der Waals surface area contributed by atoms with Gasteiger partial charge in [-0.1, -0.05) is 6.07 Å². The number of nitrogens with one attached hydrogen (secondary N) is 2. The molecule has 0 unspecified atom stereocenters. The Morgan fingerprint density at radius 1 is 1.19 bits per heavy atom. The molecule has 0 radical (unpaired) electrons. The zero-order valence-electron chi connectivity index (χ0n) is 14.8. The third kappa shape index (κ3) is 4.17. The Morgan fingerprint density at radius 2 is 1.96 bits per heavy atom. The van der Waals surface area contributed by atoms with Crippen molar-refractivity contribution < 1.29 is 9.59 Å². The summed E-state index contributed by atoms with van der Waals surface area (Å²) in [5.74, 6) is 0.585. The molecule has 136 valence electrons. The molecule has 2 aromatic heterocycles. The number of rotatable bonds is 5. The molecule has 0 atom stereocenters. The first-order valence-corrected chi connectivity index (χ1v) is 8.77. The van der Waals surface area contributed by atoms with Crippen LogP contribution in [0.1, 0.15) is 28.8 Å². The minimum Gasteiger partial charge on any atom is -0.356 e. The van der Waals surface area contributed by atoms with E-state index in [2.05, 4.69) is 25.5 Å². The maximum atomic E-state index is 12.4. The Labute approximate surface area is 152 Å². The van der Waals surface area contributed by atoms with Gasteiger partial charge in [0.15, 0.2) is 0 Å². The number of amides is 2. The number of carbonyl (C=O) groups is 2. The Hall–Kier alpha value is -2.96.